The molecule has 0 radical (unpaired) electrons. The molecule has 1 aliphatic heterocycles. The molecule has 0 unspecified atom stereocenters. The molecule has 0 saturated heterocycles. The zero-order chi connectivity index (χ0) is 21.9. The first-order chi connectivity index (χ1) is 15.7. The first-order valence-corrected chi connectivity index (χ1v) is 10.3. The van der Waals surface area contributed by atoms with E-state index >= 15 is 0 Å². The fourth-order valence-electron chi connectivity index (χ4n) is 3.57. The van der Waals surface area contributed by atoms with E-state index in [9.17, 15) is 4.79 Å². The van der Waals surface area contributed by atoms with Gasteiger partial charge in [-0.25, -0.2) is 9.97 Å². The Kier molecular flexibility index (Phi) is 5.24. The van der Waals surface area contributed by atoms with E-state index < -0.39 is 0 Å². The zero-order valence-electron chi connectivity index (χ0n) is 17.3. The maximum atomic E-state index is 13.2. The van der Waals surface area contributed by atoms with Crippen LogP contribution in [0.5, 0.6) is 5.88 Å². The van der Waals surface area contributed by atoms with Gasteiger partial charge in [0.1, 0.15) is 23.4 Å². The normalized spacial score (nSPS) is 16.2. The number of carbonyl (C=O) groups is 1. The Bertz CT molecular complexity index is 1260. The summed E-state index contributed by atoms with van der Waals surface area (Å²) in [5.74, 6) is 0.928. The lowest BCUT2D eigenvalue weighted by atomic mass is 10.1. The summed E-state index contributed by atoms with van der Waals surface area (Å²) in [7, 11) is 0. The molecule has 2 bridgehead atoms. The van der Waals surface area contributed by atoms with Crippen molar-refractivity contribution in [1.82, 2.24) is 34.7 Å². The average molecular weight is 428 g/mol. The highest BCUT2D eigenvalue weighted by Gasteiger charge is 2.20. The number of hydrogen-bond acceptors (Lipinski definition) is 8. The van der Waals surface area contributed by atoms with Crippen LogP contribution in [-0.4, -0.2) is 47.2 Å². The van der Waals surface area contributed by atoms with Gasteiger partial charge in [-0.1, -0.05) is 6.07 Å². The van der Waals surface area contributed by atoms with Gasteiger partial charge in [0.05, 0.1) is 18.5 Å². The van der Waals surface area contributed by atoms with Crippen molar-refractivity contribution in [2.45, 2.75) is 25.8 Å². The monoisotopic (exact) mass is 428 g/mol. The lowest BCUT2D eigenvalue weighted by Gasteiger charge is -2.17. The highest BCUT2D eigenvalue weighted by Crippen LogP contribution is 2.26. The van der Waals surface area contributed by atoms with Crippen molar-refractivity contribution in [3.63, 3.8) is 0 Å². The lowest BCUT2D eigenvalue weighted by Crippen LogP contribution is -2.17. The van der Waals surface area contributed by atoms with Crippen molar-refractivity contribution in [3.05, 3.63) is 60.9 Å². The van der Waals surface area contributed by atoms with Gasteiger partial charge in [0.15, 0.2) is 5.82 Å². The molecule has 5 heterocycles. The van der Waals surface area contributed by atoms with Gasteiger partial charge >= 0.3 is 0 Å². The summed E-state index contributed by atoms with van der Waals surface area (Å²) in [4.78, 5) is 30.5. The molecule has 10 heteroatoms. The molecule has 4 aromatic rings. The summed E-state index contributed by atoms with van der Waals surface area (Å²) < 4.78 is 7.88. The van der Waals surface area contributed by atoms with Gasteiger partial charge < -0.3 is 14.6 Å². The highest BCUT2D eigenvalue weighted by atomic mass is 16.5. The van der Waals surface area contributed by atoms with Crippen LogP contribution in [0.1, 0.15) is 36.2 Å². The number of nitrogens with zero attached hydrogens (tertiary/aromatic N) is 7. The molecule has 5 rings (SSSR count). The molecule has 0 spiro atoms. The van der Waals surface area contributed by atoms with Crippen LogP contribution in [0.2, 0.25) is 0 Å². The van der Waals surface area contributed by atoms with Gasteiger partial charge in [-0.2, -0.15) is 0 Å². The van der Waals surface area contributed by atoms with Crippen LogP contribution in [0, 0.1) is 0 Å². The van der Waals surface area contributed by atoms with E-state index in [0.717, 1.165) is 12.8 Å². The maximum absolute atomic E-state index is 13.2. The average Bonchev–Trinajstić information content (AvgIpc) is 3.32. The molecule has 1 amide bonds. The minimum Gasteiger partial charge on any atom is -0.477 e. The van der Waals surface area contributed by atoms with Crippen molar-refractivity contribution in [2.75, 3.05) is 11.9 Å². The van der Waals surface area contributed by atoms with Gasteiger partial charge in [-0.15, -0.1) is 10.2 Å². The maximum Gasteiger partial charge on any atom is 0.262 e. The third kappa shape index (κ3) is 3.89. The van der Waals surface area contributed by atoms with Gasteiger partial charge in [-0.3, -0.25) is 14.8 Å². The standard InChI is InChI=1S/C22H20N8O2/c1-14-4-3-9-32-22-16(10-15(11-25-22)18-12-23-7-8-24-18)21(31)28-19-6-2-5-17(27-19)20-29-26-13-30(14)20/h2,5-8,10-14H,3-4,9H2,1H3,(H,27,28,31)/t14-/m0/s1. The molecule has 1 N–H and O–H groups in total. The van der Waals surface area contributed by atoms with Gasteiger partial charge in [0, 0.05) is 30.2 Å². The van der Waals surface area contributed by atoms with Crippen molar-refractivity contribution >= 4 is 11.7 Å². The van der Waals surface area contributed by atoms with Crippen molar-refractivity contribution in [3.8, 4) is 28.7 Å². The number of rotatable bonds is 1. The van der Waals surface area contributed by atoms with Crippen molar-refractivity contribution in [2.24, 2.45) is 0 Å². The molecule has 10 nitrogen and oxygen atoms in total. The highest BCUT2D eigenvalue weighted by molar-refractivity contribution is 6.06. The van der Waals surface area contributed by atoms with Gasteiger partial charge in [-0.05, 0) is 38.0 Å². The summed E-state index contributed by atoms with van der Waals surface area (Å²) in [5.41, 5.74) is 2.21. The largest absolute Gasteiger partial charge is 0.477 e. The SMILES string of the molecule is C[C@H]1CCCOc2ncc(-c3cnccn3)cc2C(=O)Nc2cccc(n2)-c2nncn21. The first kappa shape index (κ1) is 19.7. The molecule has 32 heavy (non-hydrogen) atoms. The lowest BCUT2D eigenvalue weighted by molar-refractivity contribution is 0.102. The molecule has 160 valence electrons. The van der Waals surface area contributed by atoms with Crippen LogP contribution < -0.4 is 10.1 Å². The topological polar surface area (TPSA) is 121 Å². The van der Waals surface area contributed by atoms with Crippen molar-refractivity contribution in [1.29, 1.82) is 0 Å². The van der Waals surface area contributed by atoms with Crippen molar-refractivity contribution < 1.29 is 9.53 Å². The summed E-state index contributed by atoms with van der Waals surface area (Å²) in [5, 5.41) is 11.1. The third-order valence-electron chi connectivity index (χ3n) is 5.23. The Hall–Kier alpha value is -4.21. The van der Waals surface area contributed by atoms with E-state index in [1.165, 1.54) is 0 Å². The fraction of sp³-hybridized carbons (Fsp3) is 0.227. The number of fused-ring (bicyclic) bond motifs is 5. The Morgan fingerprint density at radius 3 is 2.97 bits per heavy atom. The van der Waals surface area contributed by atoms with Crippen LogP contribution in [0.4, 0.5) is 5.82 Å². The Labute approximate surface area is 183 Å². The second-order valence-corrected chi connectivity index (χ2v) is 7.43. The number of nitrogens with one attached hydrogen (secondary N) is 1. The first-order valence-electron chi connectivity index (χ1n) is 10.3. The summed E-state index contributed by atoms with van der Waals surface area (Å²) in [6.45, 7) is 2.52. The van der Waals surface area contributed by atoms with Crippen LogP contribution in [-0.2, 0) is 0 Å². The van der Waals surface area contributed by atoms with E-state index in [1.807, 2.05) is 16.7 Å². The summed E-state index contributed by atoms with van der Waals surface area (Å²) >= 11 is 0. The molecule has 1 aliphatic rings. The van der Waals surface area contributed by atoms with Crippen LogP contribution in [0.3, 0.4) is 0 Å². The molecular formula is C22H20N8O2. The minimum atomic E-state index is -0.380. The number of aromatic nitrogens is 7. The number of ether oxygens (including phenoxy) is 1. The predicted molar refractivity (Wildman–Crippen MR) is 116 cm³/mol. The molecule has 4 aromatic heterocycles. The summed E-state index contributed by atoms with van der Waals surface area (Å²) in [6, 6.07) is 7.24. The number of hydrogen-bond donors (Lipinski definition) is 1. The number of carbonyl (C=O) groups excluding carboxylic acids is 1. The second kappa shape index (κ2) is 8.50. The quantitative estimate of drug-likeness (QED) is 0.491. The molecule has 0 aliphatic carbocycles. The smallest absolute Gasteiger partial charge is 0.262 e. The third-order valence-corrected chi connectivity index (χ3v) is 5.23. The Morgan fingerprint density at radius 2 is 2.09 bits per heavy atom. The summed E-state index contributed by atoms with van der Waals surface area (Å²) in [6.07, 6.45) is 9.73. The van der Waals surface area contributed by atoms with Crippen LogP contribution >= 0.6 is 0 Å². The van der Waals surface area contributed by atoms with E-state index in [0.29, 0.717) is 40.8 Å². The van der Waals surface area contributed by atoms with E-state index in [4.69, 9.17) is 4.74 Å². The van der Waals surface area contributed by atoms with Gasteiger partial charge in [0.25, 0.3) is 5.91 Å². The van der Waals surface area contributed by atoms with E-state index in [-0.39, 0.29) is 17.8 Å². The Morgan fingerprint density at radius 1 is 1.16 bits per heavy atom. The minimum absolute atomic E-state index is 0.151. The van der Waals surface area contributed by atoms with E-state index in [2.05, 4.69) is 42.4 Å². The van der Waals surface area contributed by atoms with E-state index in [1.54, 1.807) is 43.2 Å². The molecule has 0 aromatic carbocycles. The molecule has 0 saturated carbocycles. The fourth-order valence-corrected chi connectivity index (χ4v) is 3.57. The Balaban J connectivity index is 1.55. The van der Waals surface area contributed by atoms with Crippen LogP contribution in [0.15, 0.2) is 55.4 Å². The molecule has 0 fully saturated rings. The number of pyridine rings is 2. The number of amides is 1. The predicted octanol–water partition coefficient (Wildman–Crippen LogP) is 3.18. The molecule has 1 atom stereocenters. The second-order valence-electron chi connectivity index (χ2n) is 7.43. The molecular weight excluding hydrogens is 408 g/mol. The zero-order valence-corrected chi connectivity index (χ0v) is 17.3. The van der Waals surface area contributed by atoms with Gasteiger partial charge in [0.2, 0.25) is 5.88 Å². The van der Waals surface area contributed by atoms with Crippen LogP contribution in [0.25, 0.3) is 22.8 Å². The number of anilines is 1.